The van der Waals surface area contributed by atoms with Crippen molar-refractivity contribution in [2.75, 3.05) is 0 Å². The summed E-state index contributed by atoms with van der Waals surface area (Å²) in [6.07, 6.45) is 0. The molecule has 0 fully saturated rings. The Morgan fingerprint density at radius 2 is 0.538 bits per heavy atom. The van der Waals surface area contributed by atoms with Gasteiger partial charge in [-0.3, -0.25) is 0 Å². The summed E-state index contributed by atoms with van der Waals surface area (Å²) in [6.45, 7) is 19.0. The topological polar surface area (TPSA) is 125 Å². The molecule has 5 nitrogen and oxygen atoms in total. The Labute approximate surface area is 146 Å². The number of hydrogen-bond acceptors (Lipinski definition) is 5. The van der Waals surface area contributed by atoms with E-state index >= 15 is 0 Å². The van der Waals surface area contributed by atoms with Crippen LogP contribution in [0.3, 0.4) is 0 Å². The minimum Gasteiger partial charge on any atom is -0.870 e. The van der Waals surface area contributed by atoms with Gasteiger partial charge in [-0.15, -0.1) is 0 Å². The monoisotopic (exact) mass is 294 g/mol. The van der Waals surface area contributed by atoms with E-state index in [9.17, 15) is 0 Å². The first kappa shape index (κ1) is 93.6. The molecule has 0 saturated heterocycles. The predicted molar refractivity (Wildman–Crippen MR) is 21.8 cm³/mol. The first-order valence-corrected chi connectivity index (χ1v) is 0.894. The van der Waals surface area contributed by atoms with E-state index in [1.165, 1.54) is 0 Å². The molecule has 0 rings (SSSR count). The second-order valence-corrected chi connectivity index (χ2v) is 0. The minimum absolute atomic E-state index is 0. The van der Waals surface area contributed by atoms with Gasteiger partial charge in [-0.1, -0.05) is 0 Å². The zero-order valence-corrected chi connectivity index (χ0v) is 15.2. The van der Waals surface area contributed by atoms with Crippen LogP contribution in [0.2, 0.25) is 0 Å². The Bertz CT molecular complexity index is 73.1. The van der Waals surface area contributed by atoms with Crippen LogP contribution in [0.5, 0.6) is 0 Å². The summed E-state index contributed by atoms with van der Waals surface area (Å²) in [5.74, 6) is 0. The summed E-state index contributed by atoms with van der Waals surface area (Å²) >= 11 is 0. The molecular formula is C4HCuN4Na2OZn+. The molecule has 0 aliphatic heterocycles. The normalized spacial score (nSPS) is 0.615. The van der Waals surface area contributed by atoms with Gasteiger partial charge in [0.05, 0.1) is 0 Å². The molecule has 13 heavy (non-hydrogen) atoms. The molecule has 0 saturated carbocycles. The van der Waals surface area contributed by atoms with Gasteiger partial charge in [-0.05, 0) is 0 Å². The molecule has 1 N–H and O–H groups in total. The van der Waals surface area contributed by atoms with Crippen molar-refractivity contribution in [2.24, 2.45) is 0 Å². The third-order valence-corrected chi connectivity index (χ3v) is 0. The molecule has 9 heteroatoms. The Morgan fingerprint density at radius 3 is 0.538 bits per heavy atom. The molecule has 0 unspecified atom stereocenters. The maximum atomic E-state index is 6.25. The van der Waals surface area contributed by atoms with Crippen molar-refractivity contribution in [3.63, 3.8) is 0 Å². The minimum atomic E-state index is 0. The third kappa shape index (κ3) is 1420. The van der Waals surface area contributed by atoms with Crippen LogP contribution < -0.4 is 59.1 Å². The van der Waals surface area contributed by atoms with Gasteiger partial charge in [0.1, 0.15) is 0 Å². The van der Waals surface area contributed by atoms with Crippen LogP contribution in [0.4, 0.5) is 0 Å². The summed E-state index contributed by atoms with van der Waals surface area (Å²) in [7, 11) is 0. The van der Waals surface area contributed by atoms with Crippen molar-refractivity contribution in [3.8, 4) is 0 Å². The Balaban J connectivity index is -0.00000000208. The van der Waals surface area contributed by atoms with Gasteiger partial charge in [0.25, 0.3) is 0 Å². The fraction of sp³-hybridized carbons (Fsp3) is 0. The Morgan fingerprint density at radius 1 is 0.538 bits per heavy atom. The molecule has 0 aliphatic carbocycles. The van der Waals surface area contributed by atoms with Crippen molar-refractivity contribution < 1.29 is 101 Å². The summed E-state index contributed by atoms with van der Waals surface area (Å²) in [6, 6.07) is 0. The van der Waals surface area contributed by atoms with Crippen molar-refractivity contribution in [3.05, 3.63) is 26.3 Å². The van der Waals surface area contributed by atoms with Gasteiger partial charge in [0.2, 0.25) is 0 Å². The molecule has 0 aromatic heterocycles. The van der Waals surface area contributed by atoms with E-state index in [2.05, 4.69) is 0 Å². The van der Waals surface area contributed by atoms with E-state index < -0.39 is 0 Å². The average Bonchev–Trinajstić information content (AvgIpc) is 2.03. The molecule has 0 aliphatic rings. The quantitative estimate of drug-likeness (QED) is 0.325. The van der Waals surface area contributed by atoms with E-state index in [1.54, 1.807) is 0 Å². The SMILES string of the molecule is [C-]#N.[C-]#N.[C-]#N.[C-]#N.[Cu+2].[Na+].[Na+].[OH-].[Zn+2]. The second-order valence-electron chi connectivity index (χ2n) is 0. The smallest absolute Gasteiger partial charge is 0.870 e. The molecule has 0 atom stereocenters. The average molecular weight is 296 g/mol. The van der Waals surface area contributed by atoms with Crippen LogP contribution in [-0.4, -0.2) is 5.48 Å². The summed E-state index contributed by atoms with van der Waals surface area (Å²) in [5.41, 5.74) is 0. The van der Waals surface area contributed by atoms with Crippen LogP contribution in [0.1, 0.15) is 0 Å². The van der Waals surface area contributed by atoms with Gasteiger partial charge in [-0.25, -0.2) is 0 Å². The predicted octanol–water partition coefficient (Wildman–Crippen LogP) is -5.79. The van der Waals surface area contributed by atoms with Gasteiger partial charge >= 0.3 is 95.7 Å². The first-order valence-electron chi connectivity index (χ1n) is 0.894. The number of rotatable bonds is 0. The van der Waals surface area contributed by atoms with Crippen LogP contribution in [0.25, 0.3) is 0 Å². The zero-order chi connectivity index (χ0) is 8.00. The van der Waals surface area contributed by atoms with Crippen molar-refractivity contribution in [2.45, 2.75) is 0 Å². The van der Waals surface area contributed by atoms with Gasteiger partial charge in [0, 0.05) is 0 Å². The number of hydrogen-bond donors (Lipinski definition) is 0. The van der Waals surface area contributed by atoms with E-state index in [0.29, 0.717) is 0 Å². The molecule has 0 amide bonds. The summed E-state index contributed by atoms with van der Waals surface area (Å²) < 4.78 is 0. The van der Waals surface area contributed by atoms with Gasteiger partial charge < -0.3 is 52.8 Å². The van der Waals surface area contributed by atoms with Crippen LogP contribution in [0, 0.1) is 47.3 Å². The largest absolute Gasteiger partial charge is 2.00 e. The van der Waals surface area contributed by atoms with E-state index in [0.717, 1.165) is 0 Å². The zero-order valence-electron chi connectivity index (χ0n) is 7.24. The van der Waals surface area contributed by atoms with Gasteiger partial charge in [0.15, 0.2) is 0 Å². The third-order valence-electron chi connectivity index (χ3n) is 0. The first-order chi connectivity index (χ1) is 4.00. The van der Waals surface area contributed by atoms with Crippen molar-refractivity contribution in [1.82, 2.24) is 0 Å². The fourth-order valence-corrected chi connectivity index (χ4v) is 0. The van der Waals surface area contributed by atoms with E-state index in [-0.39, 0.29) is 101 Å². The van der Waals surface area contributed by atoms with Crippen molar-refractivity contribution in [1.29, 1.82) is 21.0 Å². The maximum absolute atomic E-state index is 6.25. The fourth-order valence-electron chi connectivity index (χ4n) is 0. The molecule has 0 aromatic carbocycles. The summed E-state index contributed by atoms with van der Waals surface area (Å²) in [4.78, 5) is 0. The van der Waals surface area contributed by atoms with Crippen LogP contribution >= 0.6 is 0 Å². The molecule has 0 spiro atoms. The molecule has 0 heterocycles. The number of nitrogens with zero attached hydrogens (tertiary/aromatic N) is 4. The van der Waals surface area contributed by atoms with Crippen molar-refractivity contribution >= 4 is 0 Å². The maximum Gasteiger partial charge on any atom is 2.00 e. The Kier molecular flexibility index (Phi) is 12100. The standard InChI is InChI=1S/4CN.Cu.2Na.H2O.Zn/c4*1-2;;;;;/h;;;;;;;1H2;/q4*-1;+2;2*+1;;+2/p-1. The Hall–Kier alpha value is 1.06. The molecule has 0 aromatic rings. The molecule has 57 valence electrons. The summed E-state index contributed by atoms with van der Waals surface area (Å²) in [5, 5.41) is 25.0. The van der Waals surface area contributed by atoms with E-state index in [4.69, 9.17) is 47.3 Å². The molecular weight excluding hydrogens is 295 g/mol. The van der Waals surface area contributed by atoms with Crippen LogP contribution in [0.15, 0.2) is 0 Å². The second kappa shape index (κ2) is 1680. The van der Waals surface area contributed by atoms with E-state index in [1.807, 2.05) is 0 Å². The van der Waals surface area contributed by atoms with Crippen LogP contribution in [-0.2, 0) is 36.5 Å². The molecule has 1 radical (unpaired) electrons. The van der Waals surface area contributed by atoms with Gasteiger partial charge in [-0.2, -0.15) is 0 Å². The molecule has 0 bridgehead atoms.